The number of carboxylic acids is 1. The van der Waals surface area contributed by atoms with Crippen LogP contribution in [0.5, 0.6) is 0 Å². The summed E-state index contributed by atoms with van der Waals surface area (Å²) in [5.74, 6) is -0.703. The average Bonchev–Trinajstić information content (AvgIpc) is 2.26. The summed E-state index contributed by atoms with van der Waals surface area (Å²) in [4.78, 5) is 13.0. The highest BCUT2D eigenvalue weighted by Gasteiger charge is 2.27. The van der Waals surface area contributed by atoms with E-state index in [0.29, 0.717) is 12.1 Å². The van der Waals surface area contributed by atoms with Gasteiger partial charge in [-0.05, 0) is 47.0 Å². The number of carboxylic acid groups (broad SMARTS) is 1. The second-order valence-electron chi connectivity index (χ2n) is 6.43. The molecule has 1 atom stereocenters. The molecule has 2 N–H and O–H groups in total. The fourth-order valence-corrected chi connectivity index (χ4v) is 2.54. The topological polar surface area (TPSA) is 52.6 Å². The molecule has 0 amide bonds. The zero-order chi connectivity index (χ0) is 13.8. The van der Waals surface area contributed by atoms with E-state index in [-0.39, 0.29) is 12.0 Å². The molecular weight excluding hydrogens is 228 g/mol. The first-order chi connectivity index (χ1) is 8.29. The highest BCUT2D eigenvalue weighted by molar-refractivity contribution is 5.66. The summed E-state index contributed by atoms with van der Waals surface area (Å²) in [5, 5.41) is 12.2. The van der Waals surface area contributed by atoms with Gasteiger partial charge in [0.15, 0.2) is 0 Å². The van der Waals surface area contributed by atoms with Gasteiger partial charge in [-0.2, -0.15) is 0 Å². The maximum absolute atomic E-state index is 10.5. The molecular formula is C14H28N2O2. The number of nitrogens with zero attached hydrogens (tertiary/aromatic N) is 1. The van der Waals surface area contributed by atoms with Crippen LogP contribution >= 0.6 is 0 Å². The molecule has 0 bridgehead atoms. The smallest absolute Gasteiger partial charge is 0.303 e. The number of carbonyl (C=O) groups is 1. The van der Waals surface area contributed by atoms with Crippen molar-refractivity contribution >= 4 is 5.97 Å². The molecule has 1 saturated heterocycles. The lowest BCUT2D eigenvalue weighted by Crippen LogP contribution is -2.51. The second kappa shape index (κ2) is 6.53. The molecule has 1 rings (SSSR count). The summed E-state index contributed by atoms with van der Waals surface area (Å²) >= 11 is 0. The van der Waals surface area contributed by atoms with E-state index in [1.165, 1.54) is 0 Å². The lowest BCUT2D eigenvalue weighted by atomic mass is 9.97. The van der Waals surface area contributed by atoms with E-state index in [0.717, 1.165) is 32.4 Å². The van der Waals surface area contributed by atoms with Crippen molar-refractivity contribution < 1.29 is 9.90 Å². The van der Waals surface area contributed by atoms with Crippen molar-refractivity contribution in [3.8, 4) is 0 Å². The maximum Gasteiger partial charge on any atom is 0.303 e. The van der Waals surface area contributed by atoms with Gasteiger partial charge in [0.2, 0.25) is 0 Å². The van der Waals surface area contributed by atoms with Crippen LogP contribution in [0.25, 0.3) is 0 Å². The zero-order valence-corrected chi connectivity index (χ0v) is 12.2. The maximum atomic E-state index is 10.5. The Kier molecular flexibility index (Phi) is 5.60. The summed E-state index contributed by atoms with van der Waals surface area (Å²) in [7, 11) is 0. The van der Waals surface area contributed by atoms with Crippen molar-refractivity contribution in [1.29, 1.82) is 0 Å². The molecule has 1 aliphatic heterocycles. The Bertz CT molecular complexity index is 265. The van der Waals surface area contributed by atoms with Crippen molar-refractivity contribution in [2.45, 2.75) is 71.0 Å². The molecule has 0 spiro atoms. The number of nitrogens with one attached hydrogen (secondary N) is 1. The summed E-state index contributed by atoms with van der Waals surface area (Å²) < 4.78 is 0. The van der Waals surface area contributed by atoms with E-state index in [1.54, 1.807) is 0 Å². The van der Waals surface area contributed by atoms with Crippen LogP contribution < -0.4 is 5.32 Å². The van der Waals surface area contributed by atoms with Gasteiger partial charge in [0.1, 0.15) is 0 Å². The van der Waals surface area contributed by atoms with E-state index in [2.05, 4.69) is 37.9 Å². The Morgan fingerprint density at radius 2 is 1.94 bits per heavy atom. The molecule has 0 radical (unpaired) electrons. The predicted molar refractivity (Wildman–Crippen MR) is 73.8 cm³/mol. The van der Waals surface area contributed by atoms with Gasteiger partial charge in [-0.25, -0.2) is 0 Å². The lowest BCUT2D eigenvalue weighted by molar-refractivity contribution is -0.137. The zero-order valence-electron chi connectivity index (χ0n) is 12.2. The number of likely N-dealkylation sites (tertiary alicyclic amines) is 1. The highest BCUT2D eigenvalue weighted by Crippen LogP contribution is 2.20. The monoisotopic (exact) mass is 256 g/mol. The fourth-order valence-electron chi connectivity index (χ4n) is 2.54. The number of hydrogen-bond donors (Lipinski definition) is 2. The van der Waals surface area contributed by atoms with Gasteiger partial charge in [0, 0.05) is 37.1 Å². The van der Waals surface area contributed by atoms with E-state index < -0.39 is 5.97 Å². The molecule has 106 valence electrons. The van der Waals surface area contributed by atoms with Gasteiger partial charge in [0.25, 0.3) is 0 Å². The van der Waals surface area contributed by atoms with E-state index >= 15 is 0 Å². The first-order valence-corrected chi connectivity index (χ1v) is 7.02. The summed E-state index contributed by atoms with van der Waals surface area (Å²) in [6.45, 7) is 11.1. The normalized spacial score (nSPS) is 20.9. The quantitative estimate of drug-likeness (QED) is 0.791. The average molecular weight is 256 g/mol. The molecule has 18 heavy (non-hydrogen) atoms. The van der Waals surface area contributed by atoms with Gasteiger partial charge >= 0.3 is 5.97 Å². The van der Waals surface area contributed by atoms with Crippen molar-refractivity contribution in [2.75, 3.05) is 13.1 Å². The predicted octanol–water partition coefficient (Wildman–Crippen LogP) is 2.09. The highest BCUT2D eigenvalue weighted by atomic mass is 16.4. The van der Waals surface area contributed by atoms with Crippen LogP contribution in [0.15, 0.2) is 0 Å². The van der Waals surface area contributed by atoms with Crippen molar-refractivity contribution in [1.82, 2.24) is 10.2 Å². The van der Waals surface area contributed by atoms with Crippen LogP contribution in [-0.2, 0) is 4.79 Å². The molecule has 4 heteroatoms. The van der Waals surface area contributed by atoms with Gasteiger partial charge < -0.3 is 10.4 Å². The Morgan fingerprint density at radius 1 is 1.39 bits per heavy atom. The largest absolute Gasteiger partial charge is 0.481 e. The van der Waals surface area contributed by atoms with Crippen LogP contribution in [0, 0.1) is 0 Å². The molecule has 0 aromatic carbocycles. The van der Waals surface area contributed by atoms with Crippen LogP contribution in [0.4, 0.5) is 0 Å². The fraction of sp³-hybridized carbons (Fsp3) is 0.929. The molecule has 0 aliphatic carbocycles. The minimum absolute atomic E-state index is 0.259. The Hall–Kier alpha value is -0.610. The standard InChI is InChI=1S/C14H28N2O2/c1-11(5-6-13(17)18)15-12-7-9-16(10-8-12)14(2,3)4/h11-12,15H,5-10H2,1-4H3,(H,17,18). The Balaban J connectivity index is 2.25. The van der Waals surface area contributed by atoms with Crippen molar-refractivity contribution in [3.05, 3.63) is 0 Å². The molecule has 4 nitrogen and oxygen atoms in total. The summed E-state index contributed by atoms with van der Waals surface area (Å²) in [6, 6.07) is 0.847. The molecule has 1 heterocycles. The second-order valence-corrected chi connectivity index (χ2v) is 6.43. The molecule has 0 aromatic heterocycles. The van der Waals surface area contributed by atoms with Crippen LogP contribution in [0.1, 0.15) is 53.4 Å². The van der Waals surface area contributed by atoms with Crippen molar-refractivity contribution in [2.24, 2.45) is 0 Å². The third kappa shape index (κ3) is 5.36. The SMILES string of the molecule is CC(CCC(=O)O)NC1CCN(C(C)(C)C)CC1. The molecule has 1 unspecified atom stereocenters. The van der Waals surface area contributed by atoms with Gasteiger partial charge in [-0.15, -0.1) is 0 Å². The van der Waals surface area contributed by atoms with E-state index in [1.807, 2.05) is 0 Å². The van der Waals surface area contributed by atoms with Gasteiger partial charge in [-0.1, -0.05) is 0 Å². The number of rotatable bonds is 5. The minimum atomic E-state index is -0.703. The Morgan fingerprint density at radius 3 is 2.39 bits per heavy atom. The molecule has 1 fully saturated rings. The number of piperidine rings is 1. The molecule has 0 aromatic rings. The number of aliphatic carboxylic acids is 1. The molecule has 1 aliphatic rings. The summed E-state index contributed by atoms with van der Waals surface area (Å²) in [5.41, 5.74) is 0.264. The van der Waals surface area contributed by atoms with Crippen LogP contribution in [-0.4, -0.2) is 46.7 Å². The first kappa shape index (κ1) is 15.4. The third-order valence-corrected chi connectivity index (χ3v) is 3.76. The third-order valence-electron chi connectivity index (χ3n) is 3.76. The van der Waals surface area contributed by atoms with E-state index in [9.17, 15) is 4.79 Å². The first-order valence-electron chi connectivity index (χ1n) is 7.02. The van der Waals surface area contributed by atoms with Crippen LogP contribution in [0.3, 0.4) is 0 Å². The molecule has 0 saturated carbocycles. The lowest BCUT2D eigenvalue weighted by Gasteiger charge is -2.41. The number of hydrogen-bond acceptors (Lipinski definition) is 3. The van der Waals surface area contributed by atoms with Crippen molar-refractivity contribution in [3.63, 3.8) is 0 Å². The van der Waals surface area contributed by atoms with Gasteiger partial charge in [0.05, 0.1) is 0 Å². The van der Waals surface area contributed by atoms with Crippen LogP contribution in [0.2, 0.25) is 0 Å². The Labute approximate surface area is 111 Å². The van der Waals surface area contributed by atoms with Gasteiger partial charge in [-0.3, -0.25) is 9.69 Å². The summed E-state index contributed by atoms with van der Waals surface area (Å²) in [6.07, 6.45) is 3.30. The van der Waals surface area contributed by atoms with E-state index in [4.69, 9.17) is 5.11 Å². The minimum Gasteiger partial charge on any atom is -0.481 e.